The second kappa shape index (κ2) is 4.09. The number of H-pyrrole nitrogens is 1. The Morgan fingerprint density at radius 2 is 2.22 bits per heavy atom. The molecule has 0 aliphatic heterocycles. The Labute approximate surface area is 107 Å². The topological polar surface area (TPSA) is 78.2 Å². The van der Waals surface area contributed by atoms with Crippen LogP contribution in [0.15, 0.2) is 30.7 Å². The average Bonchev–Trinajstić information content (AvgIpc) is 2.82. The zero-order chi connectivity index (χ0) is 12.5. The molecule has 18 heavy (non-hydrogen) atoms. The molecule has 3 rings (SSSR count). The molecule has 3 aromatic rings. The molecule has 0 unspecified atom stereocenters. The number of nitrogens with one attached hydrogen (secondary N) is 1. The quantitative estimate of drug-likeness (QED) is 0.678. The molecule has 0 amide bonds. The molecule has 0 saturated carbocycles. The first kappa shape index (κ1) is 10.7. The van der Waals surface area contributed by atoms with Crippen LogP contribution in [0.2, 0.25) is 5.28 Å². The maximum absolute atomic E-state index is 9.08. The van der Waals surface area contributed by atoms with E-state index in [-0.39, 0.29) is 5.28 Å². The number of fused-ring (bicyclic) bond motifs is 1. The lowest BCUT2D eigenvalue weighted by Crippen LogP contribution is -1.91. The van der Waals surface area contributed by atoms with Crippen molar-refractivity contribution in [3.05, 3.63) is 41.6 Å². The summed E-state index contributed by atoms with van der Waals surface area (Å²) in [5, 5.41) is 10.1. The molecule has 5 nitrogen and oxygen atoms in total. The number of aromatic nitrogens is 4. The summed E-state index contributed by atoms with van der Waals surface area (Å²) in [4.78, 5) is 15.2. The Balaban J connectivity index is 2.33. The number of pyridine rings is 1. The number of hydrogen-bond donors (Lipinski definition) is 1. The number of nitrogens with zero attached hydrogens (tertiary/aromatic N) is 4. The summed E-state index contributed by atoms with van der Waals surface area (Å²) < 4.78 is 0. The van der Waals surface area contributed by atoms with Crippen LogP contribution in [-0.2, 0) is 0 Å². The van der Waals surface area contributed by atoms with E-state index in [4.69, 9.17) is 16.9 Å². The van der Waals surface area contributed by atoms with E-state index < -0.39 is 0 Å². The molecule has 0 fully saturated rings. The number of aromatic amines is 1. The van der Waals surface area contributed by atoms with Crippen LogP contribution in [0.5, 0.6) is 0 Å². The van der Waals surface area contributed by atoms with Gasteiger partial charge in [-0.25, -0.2) is 15.0 Å². The van der Waals surface area contributed by atoms with Crippen molar-refractivity contribution in [3.63, 3.8) is 0 Å². The highest BCUT2D eigenvalue weighted by molar-refractivity contribution is 6.28. The monoisotopic (exact) mass is 255 g/mol. The zero-order valence-corrected chi connectivity index (χ0v) is 9.81. The largest absolute Gasteiger partial charge is 0.345 e. The SMILES string of the molecule is N#Cc1cnc(Cl)nc1-c1c[nH]c2ncccc12. The first-order valence-electron chi connectivity index (χ1n) is 5.14. The lowest BCUT2D eigenvalue weighted by Gasteiger charge is -2.01. The Morgan fingerprint density at radius 1 is 1.33 bits per heavy atom. The molecule has 0 radical (unpaired) electrons. The maximum Gasteiger partial charge on any atom is 0.222 e. The van der Waals surface area contributed by atoms with E-state index in [1.807, 2.05) is 12.1 Å². The molecule has 0 aromatic carbocycles. The van der Waals surface area contributed by atoms with E-state index in [1.165, 1.54) is 6.20 Å². The van der Waals surface area contributed by atoms with E-state index in [9.17, 15) is 0 Å². The Bertz CT molecular complexity index is 771. The van der Waals surface area contributed by atoms with E-state index in [0.29, 0.717) is 11.3 Å². The van der Waals surface area contributed by atoms with Gasteiger partial charge in [0.15, 0.2) is 0 Å². The molecule has 0 aliphatic rings. The van der Waals surface area contributed by atoms with Gasteiger partial charge in [0.05, 0.1) is 17.5 Å². The molecule has 1 N–H and O–H groups in total. The number of halogens is 1. The summed E-state index contributed by atoms with van der Waals surface area (Å²) in [5.41, 5.74) is 2.42. The molecular formula is C12H6ClN5. The van der Waals surface area contributed by atoms with Gasteiger partial charge in [-0.1, -0.05) is 0 Å². The number of hydrogen-bond acceptors (Lipinski definition) is 4. The molecule has 0 saturated heterocycles. The van der Waals surface area contributed by atoms with Crippen molar-refractivity contribution in [1.29, 1.82) is 5.26 Å². The van der Waals surface area contributed by atoms with E-state index >= 15 is 0 Å². The molecule has 0 bridgehead atoms. The van der Waals surface area contributed by atoms with Crippen molar-refractivity contribution in [2.75, 3.05) is 0 Å². The fourth-order valence-electron chi connectivity index (χ4n) is 1.80. The van der Waals surface area contributed by atoms with Gasteiger partial charge in [0.2, 0.25) is 5.28 Å². The Morgan fingerprint density at radius 3 is 3.06 bits per heavy atom. The van der Waals surface area contributed by atoms with Crippen LogP contribution < -0.4 is 0 Å². The van der Waals surface area contributed by atoms with Gasteiger partial charge in [0.1, 0.15) is 11.7 Å². The van der Waals surface area contributed by atoms with Gasteiger partial charge in [0, 0.05) is 23.3 Å². The standard InChI is InChI=1S/C12H6ClN5/c13-12-17-5-7(4-14)10(18-12)9-6-16-11-8(9)2-1-3-15-11/h1-3,5-6H,(H,15,16). The maximum atomic E-state index is 9.08. The minimum absolute atomic E-state index is 0.113. The molecule has 3 aromatic heterocycles. The average molecular weight is 256 g/mol. The van der Waals surface area contributed by atoms with Crippen LogP contribution in [-0.4, -0.2) is 19.9 Å². The highest BCUT2D eigenvalue weighted by atomic mass is 35.5. The molecule has 0 spiro atoms. The lowest BCUT2D eigenvalue weighted by molar-refractivity contribution is 1.16. The van der Waals surface area contributed by atoms with Crippen molar-refractivity contribution in [2.24, 2.45) is 0 Å². The van der Waals surface area contributed by atoms with E-state index in [2.05, 4.69) is 26.0 Å². The van der Waals surface area contributed by atoms with Crippen molar-refractivity contribution < 1.29 is 0 Å². The minimum Gasteiger partial charge on any atom is -0.345 e. The first-order chi connectivity index (χ1) is 8.79. The van der Waals surface area contributed by atoms with Gasteiger partial charge in [0.25, 0.3) is 0 Å². The highest BCUT2D eigenvalue weighted by Gasteiger charge is 2.13. The second-order valence-electron chi connectivity index (χ2n) is 3.62. The summed E-state index contributed by atoms with van der Waals surface area (Å²) >= 11 is 5.78. The highest BCUT2D eigenvalue weighted by Crippen LogP contribution is 2.28. The van der Waals surface area contributed by atoms with Crippen molar-refractivity contribution >= 4 is 22.6 Å². The van der Waals surface area contributed by atoms with Gasteiger partial charge in [-0.05, 0) is 23.7 Å². The van der Waals surface area contributed by atoms with E-state index in [1.54, 1.807) is 12.4 Å². The molecule has 0 atom stereocenters. The summed E-state index contributed by atoms with van der Waals surface area (Å²) in [6, 6.07) is 5.79. The molecular weight excluding hydrogens is 250 g/mol. The van der Waals surface area contributed by atoms with Crippen LogP contribution >= 0.6 is 11.6 Å². The van der Waals surface area contributed by atoms with Crippen molar-refractivity contribution in [1.82, 2.24) is 19.9 Å². The van der Waals surface area contributed by atoms with Crippen molar-refractivity contribution in [2.45, 2.75) is 0 Å². The van der Waals surface area contributed by atoms with Crippen molar-refractivity contribution in [3.8, 4) is 17.3 Å². The second-order valence-corrected chi connectivity index (χ2v) is 3.95. The molecule has 3 heterocycles. The first-order valence-corrected chi connectivity index (χ1v) is 5.52. The third-order valence-electron chi connectivity index (χ3n) is 2.59. The fourth-order valence-corrected chi connectivity index (χ4v) is 1.93. The number of nitriles is 1. The van der Waals surface area contributed by atoms with Gasteiger partial charge < -0.3 is 4.98 Å². The van der Waals surface area contributed by atoms with Gasteiger partial charge in [-0.3, -0.25) is 0 Å². The smallest absolute Gasteiger partial charge is 0.222 e. The third kappa shape index (κ3) is 1.60. The summed E-state index contributed by atoms with van der Waals surface area (Å²) in [6.07, 6.45) is 4.87. The summed E-state index contributed by atoms with van der Waals surface area (Å²) in [5.74, 6) is 0. The summed E-state index contributed by atoms with van der Waals surface area (Å²) in [6.45, 7) is 0. The van der Waals surface area contributed by atoms with Crippen LogP contribution in [0.4, 0.5) is 0 Å². The molecule has 0 aliphatic carbocycles. The minimum atomic E-state index is 0.113. The predicted molar refractivity (Wildman–Crippen MR) is 66.8 cm³/mol. The van der Waals surface area contributed by atoms with E-state index in [0.717, 1.165) is 16.6 Å². The van der Waals surface area contributed by atoms with Crippen LogP contribution in [0.3, 0.4) is 0 Å². The van der Waals surface area contributed by atoms with Gasteiger partial charge in [-0.15, -0.1) is 0 Å². The van der Waals surface area contributed by atoms with Crippen LogP contribution in [0.1, 0.15) is 5.56 Å². The normalized spacial score (nSPS) is 10.4. The Hall–Kier alpha value is -2.45. The Kier molecular flexibility index (Phi) is 2.43. The number of rotatable bonds is 1. The third-order valence-corrected chi connectivity index (χ3v) is 2.77. The van der Waals surface area contributed by atoms with Gasteiger partial charge >= 0.3 is 0 Å². The van der Waals surface area contributed by atoms with Crippen LogP contribution in [0, 0.1) is 11.3 Å². The zero-order valence-electron chi connectivity index (χ0n) is 9.05. The lowest BCUT2D eigenvalue weighted by atomic mass is 10.1. The van der Waals surface area contributed by atoms with Gasteiger partial charge in [-0.2, -0.15) is 5.26 Å². The summed E-state index contributed by atoms with van der Waals surface area (Å²) in [7, 11) is 0. The van der Waals surface area contributed by atoms with Crippen LogP contribution in [0.25, 0.3) is 22.3 Å². The molecule has 86 valence electrons. The predicted octanol–water partition coefficient (Wildman–Crippen LogP) is 2.54. The fraction of sp³-hybridized carbons (Fsp3) is 0. The molecule has 6 heteroatoms.